The van der Waals surface area contributed by atoms with E-state index in [0.717, 1.165) is 13.0 Å². The molecule has 0 fully saturated rings. The second-order valence-electron chi connectivity index (χ2n) is 4.17. The van der Waals surface area contributed by atoms with Gasteiger partial charge in [0.25, 0.3) is 5.91 Å². The number of nitrogens with zero attached hydrogens (tertiary/aromatic N) is 4. The van der Waals surface area contributed by atoms with Crippen LogP contribution >= 0.6 is 11.3 Å². The third-order valence-corrected chi connectivity index (χ3v) is 3.29. The first-order chi connectivity index (χ1) is 10.1. The Balaban J connectivity index is 2.07. The van der Waals surface area contributed by atoms with Crippen LogP contribution in [0.5, 0.6) is 5.88 Å². The lowest BCUT2D eigenvalue weighted by Crippen LogP contribution is -2.14. The zero-order valence-corrected chi connectivity index (χ0v) is 12.8. The van der Waals surface area contributed by atoms with Gasteiger partial charge in [-0.1, -0.05) is 18.3 Å². The monoisotopic (exact) mass is 308 g/mol. The van der Waals surface area contributed by atoms with Crippen LogP contribution in [0.3, 0.4) is 0 Å². The van der Waals surface area contributed by atoms with Crippen molar-refractivity contribution in [2.45, 2.75) is 20.3 Å². The van der Waals surface area contributed by atoms with Crippen molar-refractivity contribution in [3.63, 3.8) is 0 Å². The fraction of sp³-hybridized carbons (Fsp3) is 0.417. The van der Waals surface area contributed by atoms with Gasteiger partial charge in [-0.15, -0.1) is 10.2 Å². The molecule has 0 saturated heterocycles. The zero-order chi connectivity index (χ0) is 15.2. The minimum atomic E-state index is -0.398. The fourth-order valence-electron chi connectivity index (χ4n) is 1.47. The molecular weight excluding hydrogens is 292 g/mol. The predicted molar refractivity (Wildman–Crippen MR) is 80.0 cm³/mol. The molecule has 2 rings (SSSR count). The highest BCUT2D eigenvalue weighted by atomic mass is 32.1. The summed E-state index contributed by atoms with van der Waals surface area (Å²) in [6.45, 7) is 4.62. The number of aromatic nitrogens is 4. The van der Waals surface area contributed by atoms with Gasteiger partial charge in [0.15, 0.2) is 0 Å². The molecule has 0 aliphatic heterocycles. The third kappa shape index (κ3) is 4.09. The van der Waals surface area contributed by atoms with E-state index in [1.54, 1.807) is 13.0 Å². The number of anilines is 2. The molecule has 2 aromatic rings. The standard InChI is InChI=1S/C12H16N6O2S/c1-4-5-13-12-18-17-10(21-12)9(19)16-11-14-7(2)6-8(15-11)20-3/h6H,4-5H2,1-3H3,(H,13,18)(H,14,15,16,19). The molecular formula is C12H16N6O2S. The van der Waals surface area contributed by atoms with Crippen LogP contribution in [0.2, 0.25) is 0 Å². The van der Waals surface area contributed by atoms with Crippen LogP contribution in [-0.2, 0) is 0 Å². The number of hydrogen-bond donors (Lipinski definition) is 2. The maximum atomic E-state index is 12.1. The quantitative estimate of drug-likeness (QED) is 0.837. The number of carbonyl (C=O) groups is 1. The molecule has 0 radical (unpaired) electrons. The average molecular weight is 308 g/mol. The molecule has 2 heterocycles. The van der Waals surface area contributed by atoms with Crippen LogP contribution in [0, 0.1) is 6.92 Å². The molecule has 8 nitrogen and oxygen atoms in total. The first-order valence-corrected chi connectivity index (χ1v) is 7.22. The molecule has 0 atom stereocenters. The van der Waals surface area contributed by atoms with E-state index < -0.39 is 5.91 Å². The molecule has 21 heavy (non-hydrogen) atoms. The highest BCUT2D eigenvalue weighted by molar-refractivity contribution is 7.17. The highest BCUT2D eigenvalue weighted by Gasteiger charge is 2.14. The molecule has 0 spiro atoms. The summed E-state index contributed by atoms with van der Waals surface area (Å²) in [4.78, 5) is 20.2. The van der Waals surface area contributed by atoms with Gasteiger partial charge in [-0.2, -0.15) is 4.98 Å². The number of nitrogens with one attached hydrogen (secondary N) is 2. The molecule has 1 amide bonds. The van der Waals surface area contributed by atoms with Crippen LogP contribution in [0.25, 0.3) is 0 Å². The van der Waals surface area contributed by atoms with E-state index in [4.69, 9.17) is 4.74 Å². The number of hydrogen-bond acceptors (Lipinski definition) is 8. The van der Waals surface area contributed by atoms with E-state index in [-0.39, 0.29) is 11.0 Å². The number of amides is 1. The van der Waals surface area contributed by atoms with Gasteiger partial charge < -0.3 is 10.1 Å². The molecule has 112 valence electrons. The van der Waals surface area contributed by atoms with Gasteiger partial charge >= 0.3 is 0 Å². The van der Waals surface area contributed by atoms with E-state index in [9.17, 15) is 4.79 Å². The third-order valence-electron chi connectivity index (χ3n) is 2.41. The molecule has 0 unspecified atom stereocenters. The Morgan fingerprint density at radius 2 is 2.19 bits per heavy atom. The van der Waals surface area contributed by atoms with Gasteiger partial charge in [-0.05, 0) is 13.3 Å². The van der Waals surface area contributed by atoms with Crippen LogP contribution in [0.15, 0.2) is 6.07 Å². The first kappa shape index (κ1) is 15.1. The van der Waals surface area contributed by atoms with Crippen molar-refractivity contribution in [1.82, 2.24) is 20.2 Å². The number of methoxy groups -OCH3 is 1. The molecule has 9 heteroatoms. The van der Waals surface area contributed by atoms with E-state index in [1.807, 2.05) is 6.92 Å². The summed E-state index contributed by atoms with van der Waals surface area (Å²) in [5.41, 5.74) is 0.694. The smallest absolute Gasteiger partial charge is 0.289 e. The van der Waals surface area contributed by atoms with Crippen molar-refractivity contribution < 1.29 is 9.53 Å². The zero-order valence-electron chi connectivity index (χ0n) is 12.0. The summed E-state index contributed by atoms with van der Waals surface area (Å²) in [6.07, 6.45) is 0.970. The number of rotatable bonds is 6. The SMILES string of the molecule is CCCNc1nnc(C(=O)Nc2nc(C)cc(OC)n2)s1. The van der Waals surface area contributed by atoms with Crippen molar-refractivity contribution in [3.8, 4) is 5.88 Å². The highest BCUT2D eigenvalue weighted by Crippen LogP contribution is 2.17. The van der Waals surface area contributed by atoms with Gasteiger partial charge in [-0.25, -0.2) is 4.98 Å². The summed E-state index contributed by atoms with van der Waals surface area (Å²) in [5, 5.41) is 14.3. The normalized spacial score (nSPS) is 10.2. The number of ether oxygens (including phenoxy) is 1. The minimum absolute atomic E-state index is 0.176. The Kier molecular flexibility index (Phi) is 4.99. The molecule has 0 saturated carbocycles. The summed E-state index contributed by atoms with van der Waals surface area (Å²) in [7, 11) is 1.50. The van der Waals surface area contributed by atoms with E-state index >= 15 is 0 Å². The molecule has 0 aromatic carbocycles. The second kappa shape index (κ2) is 6.93. The Labute approximate surface area is 126 Å². The Morgan fingerprint density at radius 3 is 2.90 bits per heavy atom. The van der Waals surface area contributed by atoms with Gasteiger partial charge in [0, 0.05) is 18.3 Å². The second-order valence-corrected chi connectivity index (χ2v) is 5.15. The maximum Gasteiger partial charge on any atom is 0.289 e. The number of carbonyl (C=O) groups excluding carboxylic acids is 1. The molecule has 0 bridgehead atoms. The van der Waals surface area contributed by atoms with Crippen LogP contribution in [-0.4, -0.2) is 39.7 Å². The Morgan fingerprint density at radius 1 is 1.38 bits per heavy atom. The van der Waals surface area contributed by atoms with Crippen molar-refractivity contribution in [2.75, 3.05) is 24.3 Å². The topological polar surface area (TPSA) is 102 Å². The maximum absolute atomic E-state index is 12.1. The molecule has 2 aromatic heterocycles. The number of aryl methyl sites for hydroxylation is 1. The van der Waals surface area contributed by atoms with Gasteiger partial charge in [-0.3, -0.25) is 10.1 Å². The van der Waals surface area contributed by atoms with E-state index in [1.165, 1.54) is 18.4 Å². The minimum Gasteiger partial charge on any atom is -0.481 e. The van der Waals surface area contributed by atoms with E-state index in [0.29, 0.717) is 16.7 Å². The van der Waals surface area contributed by atoms with Crippen molar-refractivity contribution in [2.24, 2.45) is 0 Å². The molecule has 2 N–H and O–H groups in total. The summed E-state index contributed by atoms with van der Waals surface area (Å²) in [5.74, 6) is 0.167. The van der Waals surface area contributed by atoms with Crippen molar-refractivity contribution >= 4 is 28.3 Å². The van der Waals surface area contributed by atoms with Gasteiger partial charge in [0.2, 0.25) is 22.0 Å². The predicted octanol–water partition coefficient (Wildman–Crippen LogP) is 1.72. The van der Waals surface area contributed by atoms with Crippen LogP contribution in [0.4, 0.5) is 11.1 Å². The lowest BCUT2D eigenvalue weighted by Gasteiger charge is -2.04. The first-order valence-electron chi connectivity index (χ1n) is 6.40. The van der Waals surface area contributed by atoms with Gasteiger partial charge in [0.1, 0.15) is 0 Å². The summed E-state index contributed by atoms with van der Waals surface area (Å²) < 4.78 is 5.03. The van der Waals surface area contributed by atoms with E-state index in [2.05, 4.69) is 30.8 Å². The van der Waals surface area contributed by atoms with Crippen LogP contribution in [0.1, 0.15) is 28.8 Å². The van der Waals surface area contributed by atoms with Crippen molar-refractivity contribution in [3.05, 3.63) is 16.8 Å². The lowest BCUT2D eigenvalue weighted by molar-refractivity contribution is 0.102. The Bertz CT molecular complexity index is 630. The largest absolute Gasteiger partial charge is 0.481 e. The fourth-order valence-corrected chi connectivity index (χ4v) is 2.14. The van der Waals surface area contributed by atoms with Crippen molar-refractivity contribution in [1.29, 1.82) is 0 Å². The van der Waals surface area contributed by atoms with Crippen LogP contribution < -0.4 is 15.4 Å². The Hall–Kier alpha value is -2.29. The average Bonchev–Trinajstić information content (AvgIpc) is 2.93. The summed E-state index contributed by atoms with van der Waals surface area (Å²) in [6, 6.07) is 1.67. The molecule has 0 aliphatic rings. The molecule has 0 aliphatic carbocycles. The summed E-state index contributed by atoms with van der Waals surface area (Å²) >= 11 is 1.18. The van der Waals surface area contributed by atoms with Gasteiger partial charge in [0.05, 0.1) is 7.11 Å². The lowest BCUT2D eigenvalue weighted by atomic mass is 10.4.